The fourth-order valence-electron chi connectivity index (χ4n) is 4.33. The Morgan fingerprint density at radius 2 is 2.06 bits per heavy atom. The zero-order valence-corrected chi connectivity index (χ0v) is 19.3. The van der Waals surface area contributed by atoms with E-state index in [1.807, 2.05) is 29.8 Å². The van der Waals surface area contributed by atoms with Crippen molar-refractivity contribution in [3.05, 3.63) is 77.6 Å². The molecule has 0 radical (unpaired) electrons. The van der Waals surface area contributed by atoms with E-state index in [0.29, 0.717) is 19.0 Å². The highest BCUT2D eigenvalue weighted by Gasteiger charge is 2.32. The van der Waals surface area contributed by atoms with Gasteiger partial charge in [-0.3, -0.25) is 0 Å². The topological polar surface area (TPSA) is 61.1 Å². The Kier molecular flexibility index (Phi) is 6.20. The average Bonchev–Trinajstić information content (AvgIpc) is 3.30. The van der Waals surface area contributed by atoms with Crippen molar-refractivity contribution in [2.75, 3.05) is 26.9 Å². The number of piperidine rings is 1. The van der Waals surface area contributed by atoms with Crippen LogP contribution in [0.1, 0.15) is 24.1 Å². The summed E-state index contributed by atoms with van der Waals surface area (Å²) in [5.41, 5.74) is 4.03. The lowest BCUT2D eigenvalue weighted by Crippen LogP contribution is -2.51. The lowest BCUT2D eigenvalue weighted by atomic mass is 9.98. The van der Waals surface area contributed by atoms with E-state index in [1.165, 1.54) is 12.1 Å². The normalized spacial score (nSPS) is 18.8. The first-order chi connectivity index (χ1) is 16.6. The van der Waals surface area contributed by atoms with Crippen LogP contribution in [0.25, 0.3) is 11.8 Å². The van der Waals surface area contributed by atoms with Crippen LogP contribution < -0.4 is 9.47 Å². The standard InChI is InChI=1S/C26H27FN4O3/c1-18-14-30(17-28-18)24-10-5-19(13-25(24)32-2)12-20-4-3-11-31-22(16-34-29-26(20)31)15-33-23-8-6-21(27)7-9-23/h5-10,12-14,17,22H,3-4,11,15-16H2,1-2H3/b20-12+. The summed E-state index contributed by atoms with van der Waals surface area (Å²) in [4.78, 5) is 12.1. The van der Waals surface area contributed by atoms with Gasteiger partial charge in [0.05, 0.1) is 24.8 Å². The SMILES string of the molecule is COc1cc(/C=C2\CCCN3C2=NOCC3COc2ccc(F)cc2)ccc1-n1cnc(C)c1. The van der Waals surface area contributed by atoms with E-state index in [0.717, 1.165) is 53.5 Å². The minimum Gasteiger partial charge on any atom is -0.495 e. The van der Waals surface area contributed by atoms with Gasteiger partial charge in [0.2, 0.25) is 0 Å². The van der Waals surface area contributed by atoms with Crippen molar-refractivity contribution < 1.29 is 18.7 Å². The Labute approximate surface area is 198 Å². The molecular weight excluding hydrogens is 435 g/mol. The van der Waals surface area contributed by atoms with Crippen LogP contribution in [-0.2, 0) is 4.84 Å². The molecule has 0 amide bonds. The summed E-state index contributed by atoms with van der Waals surface area (Å²) in [6, 6.07) is 12.2. The molecule has 8 heteroatoms. The number of halogens is 1. The van der Waals surface area contributed by atoms with Crippen LogP contribution in [0.2, 0.25) is 0 Å². The lowest BCUT2D eigenvalue weighted by molar-refractivity contribution is 0.0373. The van der Waals surface area contributed by atoms with Crippen LogP contribution in [0.5, 0.6) is 11.5 Å². The number of methoxy groups -OCH3 is 1. The number of aromatic nitrogens is 2. The van der Waals surface area contributed by atoms with Gasteiger partial charge in [0, 0.05) is 12.7 Å². The second kappa shape index (κ2) is 9.59. The van der Waals surface area contributed by atoms with Crippen molar-refractivity contribution in [3.8, 4) is 17.2 Å². The molecule has 2 aliphatic rings. The number of ether oxygens (including phenoxy) is 2. The first kappa shape index (κ1) is 22.0. The molecule has 34 heavy (non-hydrogen) atoms. The Bertz CT molecular complexity index is 1220. The van der Waals surface area contributed by atoms with Gasteiger partial charge in [0.25, 0.3) is 0 Å². The highest BCUT2D eigenvalue weighted by Crippen LogP contribution is 2.29. The maximum atomic E-state index is 13.2. The molecule has 1 atom stereocenters. The van der Waals surface area contributed by atoms with Crippen molar-refractivity contribution in [1.82, 2.24) is 14.5 Å². The largest absolute Gasteiger partial charge is 0.495 e. The summed E-state index contributed by atoms with van der Waals surface area (Å²) in [6.07, 6.45) is 7.82. The molecule has 0 aliphatic carbocycles. The van der Waals surface area contributed by atoms with Crippen LogP contribution >= 0.6 is 0 Å². The molecule has 176 valence electrons. The van der Waals surface area contributed by atoms with Crippen molar-refractivity contribution in [2.24, 2.45) is 5.16 Å². The number of hydrogen-bond donors (Lipinski definition) is 0. The molecule has 3 aromatic rings. The molecule has 0 spiro atoms. The predicted octanol–water partition coefficient (Wildman–Crippen LogP) is 4.60. The van der Waals surface area contributed by atoms with Crippen LogP contribution in [0, 0.1) is 12.7 Å². The molecule has 3 heterocycles. The van der Waals surface area contributed by atoms with Crippen LogP contribution in [0.4, 0.5) is 4.39 Å². The zero-order chi connectivity index (χ0) is 23.5. The van der Waals surface area contributed by atoms with Gasteiger partial charge < -0.3 is 23.8 Å². The quantitative estimate of drug-likeness (QED) is 0.536. The molecule has 5 rings (SSSR count). The molecule has 0 saturated carbocycles. The maximum absolute atomic E-state index is 13.2. The van der Waals surface area contributed by atoms with E-state index in [2.05, 4.69) is 27.2 Å². The van der Waals surface area contributed by atoms with E-state index in [1.54, 1.807) is 25.6 Å². The molecule has 1 saturated heterocycles. The number of imidazole rings is 1. The number of aryl methyl sites for hydroxylation is 1. The first-order valence-corrected chi connectivity index (χ1v) is 11.4. The monoisotopic (exact) mass is 462 g/mol. The third-order valence-electron chi connectivity index (χ3n) is 6.05. The summed E-state index contributed by atoms with van der Waals surface area (Å²) in [7, 11) is 1.67. The van der Waals surface area contributed by atoms with Gasteiger partial charge in [-0.25, -0.2) is 9.37 Å². The van der Waals surface area contributed by atoms with E-state index < -0.39 is 0 Å². The summed E-state index contributed by atoms with van der Waals surface area (Å²) in [5, 5.41) is 4.38. The van der Waals surface area contributed by atoms with E-state index in [4.69, 9.17) is 14.3 Å². The van der Waals surface area contributed by atoms with Crippen molar-refractivity contribution in [3.63, 3.8) is 0 Å². The molecule has 2 aliphatic heterocycles. The van der Waals surface area contributed by atoms with Crippen molar-refractivity contribution in [1.29, 1.82) is 0 Å². The molecule has 1 aromatic heterocycles. The third kappa shape index (κ3) is 4.62. The Morgan fingerprint density at radius 1 is 1.21 bits per heavy atom. The zero-order valence-electron chi connectivity index (χ0n) is 19.3. The van der Waals surface area contributed by atoms with Crippen LogP contribution in [0.3, 0.4) is 0 Å². The third-order valence-corrected chi connectivity index (χ3v) is 6.05. The molecule has 0 N–H and O–H groups in total. The van der Waals surface area contributed by atoms with Gasteiger partial charge >= 0.3 is 0 Å². The minimum atomic E-state index is -0.279. The number of rotatable bonds is 6. The second-order valence-electron chi connectivity index (χ2n) is 8.45. The summed E-state index contributed by atoms with van der Waals surface area (Å²) < 4.78 is 26.7. The molecule has 1 fully saturated rings. The fourth-order valence-corrected chi connectivity index (χ4v) is 4.33. The predicted molar refractivity (Wildman–Crippen MR) is 128 cm³/mol. The van der Waals surface area contributed by atoms with Crippen molar-refractivity contribution >= 4 is 11.9 Å². The average molecular weight is 463 g/mol. The Hall–Kier alpha value is -3.81. The minimum absolute atomic E-state index is 0.0302. The van der Waals surface area contributed by atoms with Gasteiger partial charge in [-0.2, -0.15) is 0 Å². The Balaban J connectivity index is 1.34. The smallest absolute Gasteiger partial charge is 0.171 e. The van der Waals surface area contributed by atoms with E-state index in [9.17, 15) is 4.39 Å². The maximum Gasteiger partial charge on any atom is 0.171 e. The molecular formula is C26H27FN4O3. The van der Waals surface area contributed by atoms with Crippen molar-refractivity contribution in [2.45, 2.75) is 25.8 Å². The van der Waals surface area contributed by atoms with Crippen LogP contribution in [0.15, 0.2) is 65.7 Å². The first-order valence-electron chi connectivity index (χ1n) is 11.4. The van der Waals surface area contributed by atoms with Gasteiger partial charge in [-0.1, -0.05) is 11.2 Å². The summed E-state index contributed by atoms with van der Waals surface area (Å²) >= 11 is 0. The van der Waals surface area contributed by atoms with E-state index >= 15 is 0 Å². The fraction of sp³-hybridized carbons (Fsp3) is 0.308. The van der Waals surface area contributed by atoms with Gasteiger partial charge in [0.15, 0.2) is 5.84 Å². The highest BCUT2D eigenvalue weighted by molar-refractivity contribution is 6.02. The van der Waals surface area contributed by atoms with Gasteiger partial charge in [-0.05, 0) is 73.4 Å². The number of nitrogens with zero attached hydrogens (tertiary/aromatic N) is 4. The van der Waals surface area contributed by atoms with Crippen LogP contribution in [-0.4, -0.2) is 53.2 Å². The molecule has 1 unspecified atom stereocenters. The van der Waals surface area contributed by atoms with Gasteiger partial charge in [-0.15, -0.1) is 0 Å². The lowest BCUT2D eigenvalue weighted by Gasteiger charge is -2.39. The molecule has 7 nitrogen and oxygen atoms in total. The molecule has 2 aromatic carbocycles. The number of amidine groups is 1. The summed E-state index contributed by atoms with van der Waals surface area (Å²) in [6.45, 7) is 3.73. The number of benzene rings is 2. The highest BCUT2D eigenvalue weighted by atomic mass is 19.1. The summed E-state index contributed by atoms with van der Waals surface area (Å²) in [5.74, 6) is 1.97. The second-order valence-corrected chi connectivity index (χ2v) is 8.45. The molecule has 0 bridgehead atoms. The van der Waals surface area contributed by atoms with Gasteiger partial charge in [0.1, 0.15) is 36.6 Å². The van der Waals surface area contributed by atoms with E-state index in [-0.39, 0.29) is 11.9 Å². The number of fused-ring (bicyclic) bond motifs is 1. The number of hydrogen-bond acceptors (Lipinski definition) is 6. The Morgan fingerprint density at radius 3 is 2.82 bits per heavy atom. The number of oxime groups is 1.